The van der Waals surface area contributed by atoms with Crippen LogP contribution in [0.3, 0.4) is 0 Å². The number of nitrogens with zero attached hydrogens (tertiary/aromatic N) is 24. The fourth-order valence-corrected chi connectivity index (χ4v) is 13.1. The molecule has 98 heavy (non-hydrogen) atoms. The van der Waals surface area contributed by atoms with Crippen molar-refractivity contribution in [1.29, 1.82) is 0 Å². The van der Waals surface area contributed by atoms with Crippen LogP contribution in [0.15, 0.2) is 97.5 Å². The van der Waals surface area contributed by atoms with Gasteiger partial charge in [0, 0.05) is 0 Å². The molecule has 12 aromatic heterocycles. The van der Waals surface area contributed by atoms with E-state index >= 15 is 0 Å². The summed E-state index contributed by atoms with van der Waals surface area (Å²) >= 11 is 0. The fourth-order valence-electron chi connectivity index (χ4n) is 13.1. The molecule has 0 aliphatic carbocycles. The zero-order valence-electron chi connectivity index (χ0n) is 62.7. The molecule has 32 heteroatoms. The van der Waals surface area contributed by atoms with Crippen molar-refractivity contribution in [1.82, 2.24) is 116 Å². The van der Waals surface area contributed by atoms with Crippen molar-refractivity contribution in [2.75, 3.05) is 0 Å². The van der Waals surface area contributed by atoms with Crippen LogP contribution in [0.2, 0.25) is 0 Å². The monoisotopic (exact) mass is 1780 g/mol. The molecule has 0 bridgehead atoms. The summed E-state index contributed by atoms with van der Waals surface area (Å²) in [4.78, 5) is 0. The van der Waals surface area contributed by atoms with Gasteiger partial charge >= 0.3 is 90.7 Å². The van der Waals surface area contributed by atoms with Crippen molar-refractivity contribution in [3.05, 3.63) is 234 Å². The summed E-state index contributed by atoms with van der Waals surface area (Å²) in [6.07, 6.45) is 0. The predicted molar refractivity (Wildman–Crippen MR) is 383 cm³/mol. The summed E-state index contributed by atoms with van der Waals surface area (Å²) in [5.74, 6) is -0.167. The van der Waals surface area contributed by atoms with Crippen molar-refractivity contribution in [2.45, 2.75) is 180 Å². The van der Waals surface area contributed by atoms with E-state index in [-0.39, 0.29) is 73.7 Å². The number of hydrogen-bond donors (Lipinski definition) is 0. The van der Waals surface area contributed by atoms with Gasteiger partial charge in [0.05, 0.1) is 68.3 Å². The van der Waals surface area contributed by atoms with E-state index in [9.17, 15) is 10.2 Å². The third-order valence-electron chi connectivity index (χ3n) is 16.5. The molecule has 12 heterocycles. The minimum Gasteiger partial charge on any atom is -0.876 e. The Balaban J connectivity index is 0.000000226. The first-order chi connectivity index (χ1) is 44.9. The molecule has 0 aliphatic rings. The van der Waals surface area contributed by atoms with E-state index in [1.807, 2.05) is 83.1 Å². The first kappa shape index (κ1) is 80.6. The van der Waals surface area contributed by atoms with E-state index in [0.29, 0.717) is 0 Å². The van der Waals surface area contributed by atoms with Gasteiger partial charge in [0.2, 0.25) is 0 Å². The quantitative estimate of drug-likeness (QED) is 0.0889. The van der Waals surface area contributed by atoms with Crippen LogP contribution in [-0.2, 0) is 0 Å². The maximum absolute atomic E-state index is 9.33. The Morgan fingerprint density at radius 3 is 0.316 bits per heavy atom. The average molecular weight is 1780 g/mol. The van der Waals surface area contributed by atoms with Crippen molar-refractivity contribution in [3.8, 4) is 0 Å². The largest absolute Gasteiger partial charge is 3.00 e. The molecular formula is C66H98B4N24O2U2. The zero-order chi connectivity index (χ0) is 71.2. The van der Waals surface area contributed by atoms with E-state index in [1.54, 1.807) is 0 Å². The first-order valence-corrected chi connectivity index (χ1v) is 32.6. The summed E-state index contributed by atoms with van der Waals surface area (Å²) in [5, 5.41) is 75.0. The molecule has 2 radical (unpaired) electrons. The van der Waals surface area contributed by atoms with Crippen molar-refractivity contribution >= 4 is 28.5 Å². The van der Waals surface area contributed by atoms with Crippen molar-refractivity contribution in [2.24, 2.45) is 0 Å². The molecule has 0 spiro atoms. The Labute approximate surface area is 626 Å². The molecular weight excluding hydrogens is 1680 g/mol. The zero-order valence-corrected chi connectivity index (χ0v) is 71.0. The molecule has 0 fully saturated rings. The summed E-state index contributed by atoms with van der Waals surface area (Å²) in [5.41, 5.74) is 25.6. The van der Waals surface area contributed by atoms with Crippen LogP contribution >= 0.6 is 0 Å². The molecule has 12 aromatic rings. The van der Waals surface area contributed by atoms with Crippen LogP contribution in [0.1, 0.15) is 151 Å². The summed E-state index contributed by atoms with van der Waals surface area (Å²) < 4.78 is 24.8. The van der Waals surface area contributed by atoms with E-state index in [4.69, 9.17) is 61.2 Å². The maximum Gasteiger partial charge on any atom is 3.00 e. The Morgan fingerprint density at radius 1 is 0.214 bits per heavy atom. The van der Waals surface area contributed by atoms with Gasteiger partial charge in [-0.05, 0) is 307 Å². The summed E-state index contributed by atoms with van der Waals surface area (Å²) in [6.45, 7) is 58.0. The van der Waals surface area contributed by atoms with Crippen LogP contribution in [0.4, 0.5) is 0 Å². The Bertz CT molecular complexity index is 3650. The van der Waals surface area contributed by atoms with Crippen LogP contribution in [-0.4, -0.2) is 145 Å². The van der Waals surface area contributed by atoms with Gasteiger partial charge in [-0.25, -0.2) is 61.2 Å². The number of aromatic nitrogens is 24. The molecule has 0 aliphatic heterocycles. The number of hydrogen-bond acceptors (Lipinski definition) is 14. The Hall–Kier alpha value is -8.04. The number of allylic oxidation sites excluding steroid dienone is 2. The van der Waals surface area contributed by atoms with E-state index in [2.05, 4.69) is 224 Å². The molecule has 0 saturated heterocycles. The second-order valence-corrected chi connectivity index (χ2v) is 26.2. The topological polar surface area (TPSA) is 260 Å². The van der Waals surface area contributed by atoms with Crippen LogP contribution < -0.4 is 10.2 Å². The van der Waals surface area contributed by atoms with Gasteiger partial charge in [-0.2, -0.15) is 0 Å². The van der Waals surface area contributed by atoms with Gasteiger partial charge < -0.3 is 65.3 Å². The van der Waals surface area contributed by atoms with Crippen LogP contribution in [0.25, 0.3) is 0 Å². The third-order valence-corrected chi connectivity index (χ3v) is 16.5. The van der Waals surface area contributed by atoms with Gasteiger partial charge in [0.25, 0.3) is 0 Å². The molecule has 0 saturated carbocycles. The van der Waals surface area contributed by atoms with Gasteiger partial charge in [-0.1, -0.05) is 13.8 Å². The molecule has 0 atom stereocenters. The van der Waals surface area contributed by atoms with Crippen LogP contribution in [0, 0.1) is 228 Å². The number of aryl methyl sites for hydroxylation is 24. The number of rotatable bonds is 12. The van der Waals surface area contributed by atoms with Crippen molar-refractivity contribution in [3.63, 3.8) is 0 Å². The van der Waals surface area contributed by atoms with Gasteiger partial charge in [-0.15, -0.1) is 24.7 Å². The molecule has 26 nitrogen and oxygen atoms in total. The van der Waals surface area contributed by atoms with Crippen LogP contribution in [0.5, 0.6) is 0 Å². The van der Waals surface area contributed by atoms with Crippen molar-refractivity contribution < 1.29 is 72.4 Å². The Kier molecular flexibility index (Phi) is 28.1. The van der Waals surface area contributed by atoms with Gasteiger partial charge in [-0.3, -0.25) is 0 Å². The van der Waals surface area contributed by atoms with Gasteiger partial charge in [0.1, 0.15) is 0 Å². The Morgan fingerprint density at radius 2 is 0.276 bits per heavy atom. The average Bonchev–Trinajstić information content (AvgIpc) is 1.64. The second kappa shape index (κ2) is 34.2. The van der Waals surface area contributed by atoms with E-state index in [0.717, 1.165) is 137 Å². The molecule has 0 aromatic carbocycles. The molecule has 0 unspecified atom stereocenters. The molecule has 0 N–H and O–H groups in total. The first-order valence-electron chi connectivity index (χ1n) is 32.6. The smallest absolute Gasteiger partial charge is 0.876 e. The standard InChI is InChI=1S/4C15H22BN6.2C3H6O.2U/c4*1-10-7-13(4)20(17-10)16(21-14(5)8-11(2)18-21)22-15(6)9-12(3)19-22;2*1-3(2)4;;/h4*7-9,16H,1-6H3;2*4H,1H2,2H3;;/q4*-1;;;2*+3/p-2. The minimum atomic E-state index is -1.26. The molecule has 12 rings (SSSR count). The van der Waals surface area contributed by atoms with E-state index < -0.39 is 28.5 Å². The fraction of sp³-hybridized carbons (Fsp3) is 0.394. The van der Waals surface area contributed by atoms with Gasteiger partial charge in [0.15, 0.2) is 0 Å². The predicted octanol–water partition coefficient (Wildman–Crippen LogP) is 6.91. The second-order valence-electron chi connectivity index (χ2n) is 26.2. The SMILES string of the molecule is C=C(C)[O-].C=C(C)[O-].Cc1cc(C)n([BH-](n2nc(C)cc2C)n2nc(C)cc2C)n1.Cc1cc(C)n([BH-](n2nc(C)cc2C)n2nc(C)cc2C)n1.Cc1cc(C)n([BH-](n2nc(C)cc2C)n2nc(C)cc2C)n1.Cc1cc(C)n([BH-](n2nc(C)cc2C)n2nc(C)cc2C)n1.[U+3].[U+3]. The molecule has 0 amide bonds. The minimum absolute atomic E-state index is 0. The summed E-state index contributed by atoms with van der Waals surface area (Å²) in [7, 11) is -5.04. The molecule has 514 valence electrons. The normalized spacial score (nSPS) is 10.9. The third kappa shape index (κ3) is 19.7. The summed E-state index contributed by atoms with van der Waals surface area (Å²) in [6, 6.07) is 25.1. The maximum atomic E-state index is 9.33. The van der Waals surface area contributed by atoms with E-state index in [1.165, 1.54) is 13.8 Å².